The third kappa shape index (κ3) is 1.57. The van der Waals surface area contributed by atoms with E-state index in [1.807, 2.05) is 7.05 Å². The van der Waals surface area contributed by atoms with E-state index in [4.69, 9.17) is 4.74 Å². The molecule has 16 heavy (non-hydrogen) atoms. The Morgan fingerprint density at radius 1 is 1.31 bits per heavy atom. The minimum Gasteiger partial charge on any atom is -0.487 e. The Kier molecular flexibility index (Phi) is 1.97. The van der Waals surface area contributed by atoms with Crippen molar-refractivity contribution in [3.63, 3.8) is 0 Å². The smallest absolute Gasteiger partial charge is 0.123 e. The van der Waals surface area contributed by atoms with E-state index in [1.165, 1.54) is 29.7 Å². The lowest BCUT2D eigenvalue weighted by Gasteiger charge is -2.17. The van der Waals surface area contributed by atoms with E-state index in [-0.39, 0.29) is 5.60 Å². The number of hydrogen-bond donors (Lipinski definition) is 1. The molecule has 2 nitrogen and oxygen atoms in total. The van der Waals surface area contributed by atoms with Crippen molar-refractivity contribution in [1.29, 1.82) is 0 Å². The summed E-state index contributed by atoms with van der Waals surface area (Å²) in [6.07, 6.45) is 3.68. The summed E-state index contributed by atoms with van der Waals surface area (Å²) in [7, 11) is 2.01. The lowest BCUT2D eigenvalue weighted by Crippen LogP contribution is -2.24. The molecule has 0 spiro atoms. The van der Waals surface area contributed by atoms with Gasteiger partial charge in [-0.15, -0.1) is 0 Å². The summed E-state index contributed by atoms with van der Waals surface area (Å²) >= 11 is 0. The quantitative estimate of drug-likeness (QED) is 0.820. The van der Waals surface area contributed by atoms with Gasteiger partial charge in [0.25, 0.3) is 0 Å². The molecule has 1 fully saturated rings. The first kappa shape index (κ1) is 10.0. The second kappa shape index (κ2) is 3.16. The van der Waals surface area contributed by atoms with Crippen molar-refractivity contribution in [2.75, 3.05) is 12.4 Å². The fourth-order valence-electron chi connectivity index (χ4n) is 2.61. The van der Waals surface area contributed by atoms with E-state index in [0.717, 1.165) is 18.1 Å². The first-order valence-corrected chi connectivity index (χ1v) is 6.13. The molecule has 1 saturated carbocycles. The standard InChI is InChI=1S/C14H19NO/c1-14(2)8-10-6-12(15-3)11(9-4-5-9)7-13(10)16-14/h6-7,9,15H,4-5,8H2,1-3H3. The Morgan fingerprint density at radius 2 is 2.06 bits per heavy atom. The SMILES string of the molecule is CNc1cc2c(cc1C1CC1)OC(C)(C)C2. The van der Waals surface area contributed by atoms with Crippen molar-refractivity contribution in [2.45, 2.75) is 44.6 Å². The van der Waals surface area contributed by atoms with E-state index in [9.17, 15) is 0 Å². The van der Waals surface area contributed by atoms with Crippen molar-refractivity contribution >= 4 is 5.69 Å². The molecule has 0 aromatic heterocycles. The first-order valence-electron chi connectivity index (χ1n) is 6.13. The second-order valence-electron chi connectivity index (χ2n) is 5.61. The number of ether oxygens (including phenoxy) is 1. The van der Waals surface area contributed by atoms with Gasteiger partial charge in [0.2, 0.25) is 0 Å². The Balaban J connectivity index is 2.04. The molecule has 0 radical (unpaired) electrons. The molecule has 0 saturated heterocycles. The van der Waals surface area contributed by atoms with Crippen LogP contribution in [0.15, 0.2) is 12.1 Å². The molecular weight excluding hydrogens is 198 g/mol. The highest BCUT2D eigenvalue weighted by molar-refractivity contribution is 5.61. The van der Waals surface area contributed by atoms with Crippen molar-refractivity contribution in [3.8, 4) is 5.75 Å². The zero-order valence-corrected chi connectivity index (χ0v) is 10.3. The summed E-state index contributed by atoms with van der Waals surface area (Å²) in [5.41, 5.74) is 4.05. The zero-order valence-electron chi connectivity index (χ0n) is 10.3. The van der Waals surface area contributed by atoms with Gasteiger partial charge in [-0.05, 0) is 50.3 Å². The average molecular weight is 217 g/mol. The van der Waals surface area contributed by atoms with Gasteiger partial charge in [0, 0.05) is 24.7 Å². The molecule has 2 heteroatoms. The number of nitrogens with one attached hydrogen (secondary N) is 1. The summed E-state index contributed by atoms with van der Waals surface area (Å²) in [5, 5.41) is 3.32. The van der Waals surface area contributed by atoms with Gasteiger partial charge in [-0.2, -0.15) is 0 Å². The van der Waals surface area contributed by atoms with Gasteiger partial charge in [-0.25, -0.2) is 0 Å². The van der Waals surface area contributed by atoms with Gasteiger partial charge in [-0.3, -0.25) is 0 Å². The molecular formula is C14H19NO. The molecule has 1 N–H and O–H groups in total. The van der Waals surface area contributed by atoms with Gasteiger partial charge in [0.15, 0.2) is 0 Å². The third-order valence-electron chi connectivity index (χ3n) is 3.52. The summed E-state index contributed by atoms with van der Waals surface area (Å²) < 4.78 is 5.98. The van der Waals surface area contributed by atoms with Crippen LogP contribution >= 0.6 is 0 Å². The van der Waals surface area contributed by atoms with Crippen LogP contribution in [-0.2, 0) is 6.42 Å². The molecule has 1 aliphatic carbocycles. The number of anilines is 1. The van der Waals surface area contributed by atoms with Crippen LogP contribution in [0.5, 0.6) is 5.75 Å². The predicted octanol–water partition coefficient (Wildman–Crippen LogP) is 3.32. The highest BCUT2D eigenvalue weighted by Crippen LogP contribution is 2.47. The maximum Gasteiger partial charge on any atom is 0.123 e. The minimum atomic E-state index is -0.0322. The fourth-order valence-corrected chi connectivity index (χ4v) is 2.61. The molecule has 0 bridgehead atoms. The normalized spacial score (nSPS) is 21.4. The van der Waals surface area contributed by atoms with Gasteiger partial charge < -0.3 is 10.1 Å². The number of fused-ring (bicyclic) bond motifs is 1. The van der Waals surface area contributed by atoms with Gasteiger partial charge in [0.05, 0.1) is 0 Å². The van der Waals surface area contributed by atoms with Crippen LogP contribution in [0.2, 0.25) is 0 Å². The molecule has 1 heterocycles. The summed E-state index contributed by atoms with van der Waals surface area (Å²) in [6, 6.07) is 4.53. The van der Waals surface area contributed by atoms with Crippen molar-refractivity contribution in [2.24, 2.45) is 0 Å². The highest BCUT2D eigenvalue weighted by atomic mass is 16.5. The Hall–Kier alpha value is -1.18. The van der Waals surface area contributed by atoms with E-state index in [0.29, 0.717) is 0 Å². The molecule has 0 amide bonds. The summed E-state index contributed by atoms with van der Waals surface area (Å²) in [5.74, 6) is 1.87. The van der Waals surface area contributed by atoms with Crippen LogP contribution in [-0.4, -0.2) is 12.6 Å². The Bertz CT molecular complexity index is 433. The van der Waals surface area contributed by atoms with E-state index >= 15 is 0 Å². The van der Waals surface area contributed by atoms with Crippen molar-refractivity contribution < 1.29 is 4.74 Å². The molecule has 0 unspecified atom stereocenters. The van der Waals surface area contributed by atoms with Gasteiger partial charge in [0.1, 0.15) is 11.4 Å². The second-order valence-corrected chi connectivity index (χ2v) is 5.61. The Labute approximate surface area is 97.0 Å². The highest BCUT2D eigenvalue weighted by Gasteiger charge is 2.33. The maximum absolute atomic E-state index is 5.98. The number of benzene rings is 1. The monoisotopic (exact) mass is 217 g/mol. The van der Waals surface area contributed by atoms with Crippen LogP contribution in [0.3, 0.4) is 0 Å². The van der Waals surface area contributed by atoms with E-state index in [1.54, 1.807) is 0 Å². The van der Waals surface area contributed by atoms with Crippen molar-refractivity contribution in [1.82, 2.24) is 0 Å². The summed E-state index contributed by atoms with van der Waals surface area (Å²) in [4.78, 5) is 0. The molecule has 3 rings (SSSR count). The van der Waals surface area contributed by atoms with Crippen LogP contribution in [0, 0.1) is 0 Å². The van der Waals surface area contributed by atoms with E-state index < -0.39 is 0 Å². The molecule has 1 aromatic carbocycles. The lowest BCUT2D eigenvalue weighted by atomic mass is 9.98. The molecule has 2 aliphatic rings. The van der Waals surface area contributed by atoms with Crippen LogP contribution in [0.4, 0.5) is 5.69 Å². The van der Waals surface area contributed by atoms with Crippen LogP contribution in [0.1, 0.15) is 43.7 Å². The van der Waals surface area contributed by atoms with Crippen LogP contribution in [0.25, 0.3) is 0 Å². The lowest BCUT2D eigenvalue weighted by molar-refractivity contribution is 0.138. The van der Waals surface area contributed by atoms with Gasteiger partial charge in [-0.1, -0.05) is 0 Å². The average Bonchev–Trinajstić information content (AvgIpc) is 2.99. The zero-order chi connectivity index (χ0) is 11.3. The summed E-state index contributed by atoms with van der Waals surface area (Å²) in [6.45, 7) is 4.31. The molecule has 1 aliphatic heterocycles. The number of hydrogen-bond acceptors (Lipinski definition) is 2. The minimum absolute atomic E-state index is 0.0322. The topological polar surface area (TPSA) is 21.3 Å². The first-order chi connectivity index (χ1) is 7.59. The maximum atomic E-state index is 5.98. The largest absolute Gasteiger partial charge is 0.487 e. The molecule has 0 atom stereocenters. The molecule has 86 valence electrons. The van der Waals surface area contributed by atoms with Crippen LogP contribution < -0.4 is 10.1 Å². The fraction of sp³-hybridized carbons (Fsp3) is 0.571. The number of rotatable bonds is 2. The molecule has 1 aromatic rings. The van der Waals surface area contributed by atoms with E-state index in [2.05, 4.69) is 31.3 Å². The van der Waals surface area contributed by atoms with Crippen molar-refractivity contribution in [3.05, 3.63) is 23.3 Å². The predicted molar refractivity (Wildman–Crippen MR) is 66.4 cm³/mol. The van der Waals surface area contributed by atoms with Gasteiger partial charge >= 0.3 is 0 Å². The Morgan fingerprint density at radius 3 is 2.69 bits per heavy atom. The third-order valence-corrected chi connectivity index (χ3v) is 3.52.